The van der Waals surface area contributed by atoms with Crippen molar-refractivity contribution >= 4 is 33.7 Å². The van der Waals surface area contributed by atoms with E-state index in [1.54, 1.807) is 21.2 Å². The number of aryl methyl sites for hydroxylation is 1. The van der Waals surface area contributed by atoms with Crippen LogP contribution < -0.4 is 10.5 Å². The Hall–Kier alpha value is -2.57. The second-order valence-corrected chi connectivity index (χ2v) is 8.77. The molecular weight excluding hydrogens is 392 g/mol. The van der Waals surface area contributed by atoms with Crippen molar-refractivity contribution in [2.45, 2.75) is 32.9 Å². The molecule has 2 heterocycles. The van der Waals surface area contributed by atoms with Crippen LogP contribution in [-0.2, 0) is 0 Å². The molecule has 2 aromatic heterocycles. The molecule has 4 rings (SSSR count). The summed E-state index contributed by atoms with van der Waals surface area (Å²) in [6, 6.07) is 14.1. The third kappa shape index (κ3) is 3.66. The zero-order chi connectivity index (χ0) is 21.3. The molecule has 0 bridgehead atoms. The number of thioether (sulfide) groups is 1. The summed E-state index contributed by atoms with van der Waals surface area (Å²) in [6.07, 6.45) is 0. The van der Waals surface area contributed by atoms with Gasteiger partial charge in [0, 0.05) is 10.9 Å². The molecule has 0 aliphatic rings. The minimum atomic E-state index is -0.0393. The van der Waals surface area contributed by atoms with Crippen molar-refractivity contribution in [3.63, 3.8) is 0 Å². The first kappa shape index (κ1) is 20.7. The lowest BCUT2D eigenvalue weighted by Crippen LogP contribution is -3.11. The molecule has 0 saturated heterocycles. The van der Waals surface area contributed by atoms with E-state index < -0.39 is 0 Å². The molecule has 0 saturated carbocycles. The summed E-state index contributed by atoms with van der Waals surface area (Å²) >= 11 is 1.67. The van der Waals surface area contributed by atoms with Crippen molar-refractivity contribution in [2.24, 2.45) is 0 Å². The van der Waals surface area contributed by atoms with Crippen molar-refractivity contribution in [3.05, 3.63) is 63.9 Å². The Morgan fingerprint density at radius 3 is 2.60 bits per heavy atom. The van der Waals surface area contributed by atoms with Gasteiger partial charge in [0.25, 0.3) is 5.56 Å². The number of hydrogen-bond donors (Lipinski definition) is 2. The molecule has 5 nitrogen and oxygen atoms in total. The number of para-hydroxylation sites is 1. The molecule has 2 aromatic carbocycles. The number of hydrogen-bond acceptors (Lipinski definition) is 3. The van der Waals surface area contributed by atoms with E-state index in [1.807, 2.05) is 36.4 Å². The lowest BCUT2D eigenvalue weighted by atomic mass is 10.1. The van der Waals surface area contributed by atoms with Crippen LogP contribution >= 0.6 is 11.8 Å². The van der Waals surface area contributed by atoms with E-state index in [1.165, 1.54) is 5.56 Å². The van der Waals surface area contributed by atoms with Crippen LogP contribution in [0.5, 0.6) is 0 Å². The molecule has 0 spiro atoms. The Bertz CT molecular complexity index is 1250. The van der Waals surface area contributed by atoms with E-state index in [-0.39, 0.29) is 5.56 Å². The molecule has 30 heavy (non-hydrogen) atoms. The van der Waals surface area contributed by atoms with Gasteiger partial charge in [0.1, 0.15) is 11.0 Å². The second kappa shape index (κ2) is 8.66. The van der Waals surface area contributed by atoms with Gasteiger partial charge in [-0.15, -0.1) is 0 Å². The number of benzene rings is 2. The first-order chi connectivity index (χ1) is 14.5. The number of quaternary nitrogens is 1. The lowest BCUT2D eigenvalue weighted by Gasteiger charge is -2.17. The summed E-state index contributed by atoms with van der Waals surface area (Å²) in [7, 11) is 0. The van der Waals surface area contributed by atoms with Crippen LogP contribution in [-0.4, -0.2) is 39.9 Å². The molecule has 0 aliphatic heterocycles. The third-order valence-corrected chi connectivity index (χ3v) is 6.94. The number of nitrogens with one attached hydrogen (secondary N) is 2. The number of nitrogens with zero attached hydrogens (tertiary/aromatic N) is 2. The van der Waals surface area contributed by atoms with Gasteiger partial charge in [0.05, 0.1) is 31.1 Å². The average Bonchev–Trinajstić information content (AvgIpc) is 3.13. The van der Waals surface area contributed by atoms with Gasteiger partial charge in [-0.05, 0) is 51.0 Å². The number of aromatic nitrogens is 3. The maximum absolute atomic E-state index is 13.7. The van der Waals surface area contributed by atoms with Crippen molar-refractivity contribution < 1.29 is 4.90 Å². The van der Waals surface area contributed by atoms with Crippen LogP contribution in [0.4, 0.5) is 0 Å². The topological polar surface area (TPSA) is 55.1 Å². The smallest absolute Gasteiger partial charge is 0.283 e. The molecule has 0 fully saturated rings. The molecule has 4 aromatic rings. The molecule has 0 atom stereocenters. The van der Waals surface area contributed by atoms with Crippen LogP contribution in [0.3, 0.4) is 0 Å². The molecule has 0 aliphatic carbocycles. The molecule has 0 amide bonds. The molecule has 2 N–H and O–H groups in total. The van der Waals surface area contributed by atoms with Gasteiger partial charge in [-0.25, -0.2) is 4.98 Å². The molecule has 6 heteroatoms. The van der Waals surface area contributed by atoms with Crippen molar-refractivity contribution in [2.75, 3.05) is 25.4 Å². The van der Waals surface area contributed by atoms with E-state index >= 15 is 0 Å². The van der Waals surface area contributed by atoms with Gasteiger partial charge in [-0.1, -0.05) is 42.1 Å². The van der Waals surface area contributed by atoms with Gasteiger partial charge >= 0.3 is 0 Å². The largest absolute Gasteiger partial charge is 0.349 e. The van der Waals surface area contributed by atoms with Gasteiger partial charge in [0.15, 0.2) is 5.16 Å². The monoisotopic (exact) mass is 421 g/mol. The fraction of sp³-hybridized carbons (Fsp3) is 0.333. The van der Waals surface area contributed by atoms with Gasteiger partial charge in [-0.3, -0.25) is 9.36 Å². The molecule has 156 valence electrons. The first-order valence-electron chi connectivity index (χ1n) is 10.6. The predicted octanol–water partition coefficient (Wildman–Crippen LogP) is 3.50. The highest BCUT2D eigenvalue weighted by molar-refractivity contribution is 7.99. The van der Waals surface area contributed by atoms with E-state index in [0.29, 0.717) is 5.52 Å². The summed E-state index contributed by atoms with van der Waals surface area (Å²) in [5, 5.41) is 1.76. The van der Waals surface area contributed by atoms with E-state index in [4.69, 9.17) is 4.98 Å². The fourth-order valence-corrected chi connectivity index (χ4v) is 4.96. The standard InChI is InChI=1S/C24H28N4OS/c1-5-27(6-2)14-15-30-24-26-21-18-11-7-8-12-19(18)25-22(21)23(29)28(24)20-13-9-10-16(3)17(20)4/h7-13,25H,5-6,14-15H2,1-4H3/p+1. The van der Waals surface area contributed by atoms with Crippen molar-refractivity contribution in [1.29, 1.82) is 0 Å². The summed E-state index contributed by atoms with van der Waals surface area (Å²) in [5.74, 6) is 0.919. The first-order valence-corrected chi connectivity index (χ1v) is 11.6. The molecular formula is C24H29N4OS+. The Morgan fingerprint density at radius 1 is 1.07 bits per heavy atom. The minimum absolute atomic E-state index is 0.0393. The summed E-state index contributed by atoms with van der Waals surface area (Å²) in [4.78, 5) is 23.5. The van der Waals surface area contributed by atoms with Gasteiger partial charge < -0.3 is 9.88 Å². The molecule has 0 radical (unpaired) electrons. The Morgan fingerprint density at radius 2 is 1.83 bits per heavy atom. The summed E-state index contributed by atoms with van der Waals surface area (Å²) in [5.41, 5.74) is 5.41. The van der Waals surface area contributed by atoms with Crippen LogP contribution in [0.2, 0.25) is 0 Å². The zero-order valence-electron chi connectivity index (χ0n) is 18.1. The highest BCUT2D eigenvalue weighted by Gasteiger charge is 2.19. The zero-order valence-corrected chi connectivity index (χ0v) is 18.9. The SMILES string of the molecule is CC[NH+](CC)CCSc1nc2c([nH]c3ccccc32)c(=O)n1-c1cccc(C)c1C. The van der Waals surface area contributed by atoms with E-state index in [0.717, 1.165) is 58.2 Å². The van der Waals surface area contributed by atoms with Crippen LogP contribution in [0, 0.1) is 13.8 Å². The lowest BCUT2D eigenvalue weighted by molar-refractivity contribution is -0.893. The van der Waals surface area contributed by atoms with Crippen molar-refractivity contribution in [1.82, 2.24) is 14.5 Å². The van der Waals surface area contributed by atoms with Crippen molar-refractivity contribution in [3.8, 4) is 5.69 Å². The Kier molecular flexibility index (Phi) is 5.97. The second-order valence-electron chi connectivity index (χ2n) is 7.70. The maximum atomic E-state index is 13.7. The number of fused-ring (bicyclic) bond motifs is 3. The number of rotatable bonds is 7. The Labute approximate surface area is 181 Å². The van der Waals surface area contributed by atoms with E-state index in [9.17, 15) is 4.79 Å². The number of H-pyrrole nitrogens is 1. The quantitative estimate of drug-likeness (QED) is 0.355. The van der Waals surface area contributed by atoms with Gasteiger partial charge in [0.2, 0.25) is 0 Å². The highest BCUT2D eigenvalue weighted by Crippen LogP contribution is 2.27. The highest BCUT2D eigenvalue weighted by atomic mass is 32.2. The van der Waals surface area contributed by atoms with Crippen LogP contribution in [0.15, 0.2) is 52.4 Å². The average molecular weight is 422 g/mol. The van der Waals surface area contributed by atoms with Gasteiger partial charge in [-0.2, -0.15) is 0 Å². The third-order valence-electron chi connectivity index (χ3n) is 6.00. The molecule has 0 unspecified atom stereocenters. The predicted molar refractivity (Wildman–Crippen MR) is 126 cm³/mol. The Balaban J connectivity index is 1.90. The van der Waals surface area contributed by atoms with Crippen LogP contribution in [0.25, 0.3) is 27.6 Å². The van der Waals surface area contributed by atoms with E-state index in [2.05, 4.69) is 38.7 Å². The number of aromatic amines is 1. The normalized spacial score (nSPS) is 11.8. The minimum Gasteiger partial charge on any atom is -0.349 e. The fourth-order valence-electron chi connectivity index (χ4n) is 3.92. The summed E-state index contributed by atoms with van der Waals surface area (Å²) < 4.78 is 1.79. The summed E-state index contributed by atoms with van der Waals surface area (Å²) in [6.45, 7) is 11.8. The van der Waals surface area contributed by atoms with Crippen LogP contribution in [0.1, 0.15) is 25.0 Å². The maximum Gasteiger partial charge on any atom is 0.283 e.